The van der Waals surface area contributed by atoms with Gasteiger partial charge in [0, 0.05) is 17.8 Å². The number of carbonyl (C=O) groups excluding carboxylic acids is 1. The van der Waals surface area contributed by atoms with Crippen LogP contribution in [0.5, 0.6) is 5.75 Å². The van der Waals surface area contributed by atoms with Crippen LogP contribution in [0, 0.1) is 0 Å². The number of benzene rings is 2. The molecule has 0 spiro atoms. The van der Waals surface area contributed by atoms with Crippen LogP contribution in [0.25, 0.3) is 0 Å². The summed E-state index contributed by atoms with van der Waals surface area (Å²) in [5, 5.41) is 16.0. The first-order chi connectivity index (χ1) is 12.2. The van der Waals surface area contributed by atoms with Gasteiger partial charge >= 0.3 is 6.03 Å². The number of hydrogen-bond acceptors (Lipinski definition) is 3. The molecule has 2 amide bonds. The van der Waals surface area contributed by atoms with Gasteiger partial charge in [0.1, 0.15) is 5.75 Å². The van der Waals surface area contributed by atoms with Crippen molar-refractivity contribution in [1.82, 2.24) is 5.32 Å². The Kier molecular flexibility index (Phi) is 5.56. The van der Waals surface area contributed by atoms with Crippen molar-refractivity contribution in [2.24, 2.45) is 0 Å². The van der Waals surface area contributed by atoms with Crippen molar-refractivity contribution < 1.29 is 14.6 Å². The van der Waals surface area contributed by atoms with Crippen molar-refractivity contribution in [3.63, 3.8) is 0 Å². The van der Waals surface area contributed by atoms with E-state index in [1.54, 1.807) is 19.2 Å². The SMILES string of the molecule is COc1ccccc1[C@@H](O)CNC(=O)Nc1cccc2c1CCCC2. The van der Waals surface area contributed by atoms with Gasteiger partial charge in [-0.1, -0.05) is 30.3 Å². The van der Waals surface area contributed by atoms with Crippen LogP contribution in [0.2, 0.25) is 0 Å². The number of aliphatic hydroxyl groups is 1. The summed E-state index contributed by atoms with van der Waals surface area (Å²) < 4.78 is 5.24. The molecular weight excluding hydrogens is 316 g/mol. The zero-order chi connectivity index (χ0) is 17.6. The van der Waals surface area contributed by atoms with Gasteiger partial charge in [-0.25, -0.2) is 4.79 Å². The van der Waals surface area contributed by atoms with E-state index in [4.69, 9.17) is 4.74 Å². The fourth-order valence-corrected chi connectivity index (χ4v) is 3.31. The van der Waals surface area contributed by atoms with Crippen molar-refractivity contribution in [1.29, 1.82) is 0 Å². The molecule has 0 aliphatic heterocycles. The number of para-hydroxylation sites is 1. The van der Waals surface area contributed by atoms with Gasteiger partial charge in [0.25, 0.3) is 0 Å². The molecule has 1 aliphatic rings. The number of anilines is 1. The largest absolute Gasteiger partial charge is 0.496 e. The third kappa shape index (κ3) is 4.12. The molecule has 5 heteroatoms. The van der Waals surface area contributed by atoms with E-state index in [2.05, 4.69) is 16.7 Å². The van der Waals surface area contributed by atoms with Gasteiger partial charge in [-0.05, 0) is 48.9 Å². The Morgan fingerprint density at radius 1 is 1.16 bits per heavy atom. The van der Waals surface area contributed by atoms with Gasteiger partial charge in [0.05, 0.1) is 13.2 Å². The lowest BCUT2D eigenvalue weighted by molar-refractivity contribution is 0.171. The van der Waals surface area contributed by atoms with Gasteiger partial charge in [-0.2, -0.15) is 0 Å². The van der Waals surface area contributed by atoms with Gasteiger partial charge in [-0.3, -0.25) is 0 Å². The highest BCUT2D eigenvalue weighted by Crippen LogP contribution is 2.28. The predicted molar refractivity (Wildman–Crippen MR) is 98.1 cm³/mol. The van der Waals surface area contributed by atoms with Crippen molar-refractivity contribution in [2.75, 3.05) is 19.0 Å². The summed E-state index contributed by atoms with van der Waals surface area (Å²) in [7, 11) is 1.56. The molecule has 0 aromatic heterocycles. The lowest BCUT2D eigenvalue weighted by Gasteiger charge is -2.20. The number of hydrogen-bond donors (Lipinski definition) is 3. The molecule has 2 aromatic carbocycles. The molecule has 132 valence electrons. The Hall–Kier alpha value is -2.53. The average Bonchev–Trinajstić information content (AvgIpc) is 2.66. The second-order valence-electron chi connectivity index (χ2n) is 6.24. The van der Waals surface area contributed by atoms with Crippen molar-refractivity contribution in [2.45, 2.75) is 31.8 Å². The van der Waals surface area contributed by atoms with Crippen LogP contribution >= 0.6 is 0 Å². The van der Waals surface area contributed by atoms with Crippen molar-refractivity contribution in [3.8, 4) is 5.75 Å². The van der Waals surface area contributed by atoms with Gasteiger partial charge in [0.15, 0.2) is 0 Å². The minimum absolute atomic E-state index is 0.112. The summed E-state index contributed by atoms with van der Waals surface area (Å²) in [5.41, 5.74) is 4.07. The minimum Gasteiger partial charge on any atom is -0.496 e. The third-order valence-corrected chi connectivity index (χ3v) is 4.60. The smallest absolute Gasteiger partial charge is 0.319 e. The van der Waals surface area contributed by atoms with Crippen LogP contribution < -0.4 is 15.4 Å². The number of nitrogens with one attached hydrogen (secondary N) is 2. The van der Waals surface area contributed by atoms with E-state index in [0.29, 0.717) is 11.3 Å². The summed E-state index contributed by atoms with van der Waals surface area (Å²) in [4.78, 5) is 12.2. The van der Waals surface area contributed by atoms with E-state index in [9.17, 15) is 9.90 Å². The highest BCUT2D eigenvalue weighted by Gasteiger charge is 2.16. The fraction of sp³-hybridized carbons (Fsp3) is 0.350. The standard InChI is InChI=1S/C20H24N2O3/c1-25-19-12-5-4-10-16(19)18(23)13-21-20(24)22-17-11-6-8-14-7-2-3-9-15(14)17/h4-6,8,10-12,18,23H,2-3,7,9,13H2,1H3,(H2,21,22,24)/t18-/m0/s1. The summed E-state index contributed by atoms with van der Waals surface area (Å²) >= 11 is 0. The van der Waals surface area contributed by atoms with Crippen LogP contribution in [0.1, 0.15) is 35.6 Å². The molecule has 5 nitrogen and oxygen atoms in total. The van der Waals surface area contributed by atoms with E-state index >= 15 is 0 Å². The molecule has 0 fully saturated rings. The fourth-order valence-electron chi connectivity index (χ4n) is 3.31. The highest BCUT2D eigenvalue weighted by molar-refractivity contribution is 5.90. The molecule has 0 heterocycles. The number of aliphatic hydroxyl groups excluding tert-OH is 1. The van der Waals surface area contributed by atoms with E-state index in [1.165, 1.54) is 17.5 Å². The first-order valence-electron chi connectivity index (χ1n) is 8.65. The molecule has 0 radical (unpaired) electrons. The number of urea groups is 1. The summed E-state index contributed by atoms with van der Waals surface area (Å²) in [6, 6.07) is 13.0. The first kappa shape index (κ1) is 17.3. The predicted octanol–water partition coefficient (Wildman–Crippen LogP) is 3.43. The second-order valence-corrected chi connectivity index (χ2v) is 6.24. The Labute approximate surface area is 148 Å². The van der Waals surface area contributed by atoms with E-state index in [-0.39, 0.29) is 12.6 Å². The number of ether oxygens (including phenoxy) is 1. The molecule has 0 saturated heterocycles. The maximum Gasteiger partial charge on any atom is 0.319 e. The lowest BCUT2D eigenvalue weighted by Crippen LogP contribution is -2.33. The van der Waals surface area contributed by atoms with Crippen LogP contribution in [-0.4, -0.2) is 24.8 Å². The molecule has 3 rings (SSSR count). The normalized spacial score (nSPS) is 14.3. The summed E-state index contributed by atoms with van der Waals surface area (Å²) in [6.07, 6.45) is 3.59. The van der Waals surface area contributed by atoms with Crippen LogP contribution in [0.15, 0.2) is 42.5 Å². The van der Waals surface area contributed by atoms with Gasteiger partial charge in [-0.15, -0.1) is 0 Å². The first-order valence-corrected chi connectivity index (χ1v) is 8.65. The quantitative estimate of drug-likeness (QED) is 0.781. The minimum atomic E-state index is -0.827. The molecule has 1 atom stereocenters. The maximum atomic E-state index is 12.2. The third-order valence-electron chi connectivity index (χ3n) is 4.60. The second kappa shape index (κ2) is 8.03. The van der Waals surface area contributed by atoms with E-state index in [0.717, 1.165) is 24.9 Å². The molecule has 0 unspecified atom stereocenters. The molecule has 3 N–H and O–H groups in total. The zero-order valence-electron chi connectivity index (χ0n) is 14.4. The van der Waals surface area contributed by atoms with E-state index < -0.39 is 6.10 Å². The number of carbonyl (C=O) groups is 1. The number of aryl methyl sites for hydroxylation is 1. The zero-order valence-corrected chi connectivity index (χ0v) is 14.4. The van der Waals surface area contributed by atoms with Crippen LogP contribution in [-0.2, 0) is 12.8 Å². The molecular formula is C20H24N2O3. The summed E-state index contributed by atoms with van der Waals surface area (Å²) in [5.74, 6) is 0.606. The number of methoxy groups -OCH3 is 1. The number of amides is 2. The average molecular weight is 340 g/mol. The Bertz CT molecular complexity index is 745. The topological polar surface area (TPSA) is 70.6 Å². The Morgan fingerprint density at radius 2 is 1.96 bits per heavy atom. The maximum absolute atomic E-state index is 12.2. The molecule has 2 aromatic rings. The molecule has 25 heavy (non-hydrogen) atoms. The van der Waals surface area contributed by atoms with Crippen molar-refractivity contribution in [3.05, 3.63) is 59.2 Å². The summed E-state index contributed by atoms with van der Waals surface area (Å²) in [6.45, 7) is 0.112. The highest BCUT2D eigenvalue weighted by atomic mass is 16.5. The van der Waals surface area contributed by atoms with Crippen molar-refractivity contribution >= 4 is 11.7 Å². The van der Waals surface area contributed by atoms with Crippen LogP contribution in [0.3, 0.4) is 0 Å². The number of rotatable bonds is 5. The van der Waals surface area contributed by atoms with Gasteiger partial charge < -0.3 is 20.5 Å². The Balaban J connectivity index is 1.60. The van der Waals surface area contributed by atoms with E-state index in [1.807, 2.05) is 24.3 Å². The monoisotopic (exact) mass is 340 g/mol. The Morgan fingerprint density at radius 3 is 2.80 bits per heavy atom. The van der Waals surface area contributed by atoms with Gasteiger partial charge in [0.2, 0.25) is 0 Å². The molecule has 1 aliphatic carbocycles. The lowest BCUT2D eigenvalue weighted by atomic mass is 9.90. The molecule has 0 saturated carbocycles. The number of fused-ring (bicyclic) bond motifs is 1. The molecule has 0 bridgehead atoms. The van der Waals surface area contributed by atoms with Crippen LogP contribution in [0.4, 0.5) is 10.5 Å².